The first-order chi connectivity index (χ1) is 17.1. The van der Waals surface area contributed by atoms with Gasteiger partial charge in [0.25, 0.3) is 0 Å². The number of anilines is 1. The Labute approximate surface area is 218 Å². The van der Waals surface area contributed by atoms with Crippen molar-refractivity contribution >= 4 is 35.3 Å². The summed E-state index contributed by atoms with van der Waals surface area (Å²) in [4.78, 5) is 24.6. The molecule has 1 spiro atoms. The Morgan fingerprint density at radius 3 is 2.69 bits per heavy atom. The van der Waals surface area contributed by atoms with Gasteiger partial charge in [-0.15, -0.1) is 0 Å². The summed E-state index contributed by atoms with van der Waals surface area (Å²) in [5.41, 5.74) is 0.295. The monoisotopic (exact) mass is 530 g/mol. The van der Waals surface area contributed by atoms with Crippen LogP contribution in [0.5, 0.6) is 0 Å². The summed E-state index contributed by atoms with van der Waals surface area (Å²) in [5.74, 6) is 0.328. The molecule has 1 N–H and O–H groups in total. The maximum Gasteiger partial charge on any atom is 0.408 e. The average molecular weight is 531 g/mol. The zero-order valence-corrected chi connectivity index (χ0v) is 21.9. The Morgan fingerprint density at radius 1 is 1.22 bits per heavy atom. The highest BCUT2D eigenvalue weighted by Crippen LogP contribution is 2.49. The van der Waals surface area contributed by atoms with E-state index in [1.807, 2.05) is 31.5 Å². The number of rotatable bonds is 4. The first-order valence-corrected chi connectivity index (χ1v) is 13.0. The van der Waals surface area contributed by atoms with Crippen LogP contribution >= 0.6 is 23.4 Å². The number of halogens is 2. The van der Waals surface area contributed by atoms with Gasteiger partial charge in [-0.3, -0.25) is 4.68 Å². The van der Waals surface area contributed by atoms with Gasteiger partial charge in [0.2, 0.25) is 0 Å². The molecule has 8 nitrogen and oxygen atoms in total. The van der Waals surface area contributed by atoms with E-state index in [2.05, 4.69) is 25.3 Å². The summed E-state index contributed by atoms with van der Waals surface area (Å²) >= 11 is 7.34. The minimum Gasteiger partial charge on any atom is -0.444 e. The van der Waals surface area contributed by atoms with E-state index in [1.165, 1.54) is 17.8 Å². The lowest BCUT2D eigenvalue weighted by molar-refractivity contribution is 0.0423. The van der Waals surface area contributed by atoms with Crippen molar-refractivity contribution < 1.29 is 13.9 Å². The van der Waals surface area contributed by atoms with Crippen molar-refractivity contribution in [1.29, 1.82) is 0 Å². The molecule has 1 fully saturated rings. The maximum absolute atomic E-state index is 13.7. The molecule has 1 amide bonds. The second-order valence-electron chi connectivity index (χ2n) is 10.2. The summed E-state index contributed by atoms with van der Waals surface area (Å²) in [6.07, 6.45) is 6.49. The number of amides is 1. The van der Waals surface area contributed by atoms with Crippen LogP contribution in [0.3, 0.4) is 0 Å². The largest absolute Gasteiger partial charge is 0.444 e. The van der Waals surface area contributed by atoms with Crippen LogP contribution in [0.4, 0.5) is 15.0 Å². The number of hydrogen-bond donors (Lipinski definition) is 1. The number of piperidine rings is 1. The Bertz CT molecular complexity index is 1250. The van der Waals surface area contributed by atoms with Crippen molar-refractivity contribution in [2.24, 2.45) is 5.41 Å². The Kier molecular flexibility index (Phi) is 6.59. The fourth-order valence-electron chi connectivity index (χ4n) is 4.90. The van der Waals surface area contributed by atoms with Gasteiger partial charge in [-0.1, -0.05) is 29.4 Å². The van der Waals surface area contributed by atoms with E-state index in [4.69, 9.17) is 16.3 Å². The number of nitrogens with one attached hydrogen (secondary N) is 1. The zero-order chi connectivity index (χ0) is 25.5. The lowest BCUT2D eigenvalue weighted by Gasteiger charge is -2.43. The zero-order valence-electron chi connectivity index (χ0n) is 20.4. The summed E-state index contributed by atoms with van der Waals surface area (Å²) in [6, 6.07) is 6.50. The second-order valence-corrected chi connectivity index (χ2v) is 11.6. The Balaban J connectivity index is 1.26. The van der Waals surface area contributed by atoms with Crippen LogP contribution in [0.2, 0.25) is 5.02 Å². The van der Waals surface area contributed by atoms with Crippen LogP contribution in [-0.2, 0) is 11.3 Å². The van der Waals surface area contributed by atoms with Crippen molar-refractivity contribution in [2.75, 3.05) is 18.0 Å². The molecule has 2 aliphatic heterocycles. The van der Waals surface area contributed by atoms with Gasteiger partial charge < -0.3 is 15.0 Å². The van der Waals surface area contributed by atoms with Gasteiger partial charge in [-0.25, -0.2) is 19.2 Å². The molecule has 1 aromatic carbocycles. The average Bonchev–Trinajstić information content (AvgIpc) is 3.37. The second kappa shape index (κ2) is 9.55. The number of nitrogens with zero attached hydrogens (tertiary/aromatic N) is 5. The molecular formula is C25H28ClFN6O2S. The highest BCUT2D eigenvalue weighted by molar-refractivity contribution is 7.99. The number of hydrogen-bond acceptors (Lipinski definition) is 7. The lowest BCUT2D eigenvalue weighted by Crippen LogP contribution is -2.48. The van der Waals surface area contributed by atoms with Gasteiger partial charge in [0, 0.05) is 36.1 Å². The SMILES string of the molecule is CC(C)(C)OC(=O)N[C@@H]1c2ccnn2CC12CCN(c1cnc(Sc3cccc(F)c3Cl)cn1)CC2. The highest BCUT2D eigenvalue weighted by Gasteiger charge is 2.49. The van der Waals surface area contributed by atoms with Crippen LogP contribution in [0, 0.1) is 11.2 Å². The van der Waals surface area contributed by atoms with E-state index in [1.54, 1.807) is 30.7 Å². The maximum atomic E-state index is 13.7. The molecule has 2 aromatic heterocycles. The number of benzene rings is 1. The molecule has 0 saturated carbocycles. The van der Waals surface area contributed by atoms with Crippen LogP contribution in [-0.4, -0.2) is 44.5 Å². The van der Waals surface area contributed by atoms with E-state index in [0.717, 1.165) is 44.0 Å². The topological polar surface area (TPSA) is 85.2 Å². The molecule has 5 rings (SSSR count). The number of carbonyl (C=O) groups is 1. The molecule has 0 radical (unpaired) electrons. The van der Waals surface area contributed by atoms with Gasteiger partial charge >= 0.3 is 6.09 Å². The summed E-state index contributed by atoms with van der Waals surface area (Å²) in [5, 5.41) is 8.31. The molecule has 190 valence electrons. The smallest absolute Gasteiger partial charge is 0.408 e. The lowest BCUT2D eigenvalue weighted by atomic mass is 9.73. The van der Waals surface area contributed by atoms with Gasteiger partial charge in [0.15, 0.2) is 0 Å². The summed E-state index contributed by atoms with van der Waals surface area (Å²) in [7, 11) is 0. The van der Waals surface area contributed by atoms with E-state index in [0.29, 0.717) is 9.92 Å². The number of ether oxygens (including phenoxy) is 1. The normalized spacial score (nSPS) is 18.8. The molecule has 4 heterocycles. The van der Waals surface area contributed by atoms with Crippen molar-refractivity contribution in [3.8, 4) is 0 Å². The van der Waals surface area contributed by atoms with Gasteiger partial charge in [-0.2, -0.15) is 5.10 Å². The minimum absolute atomic E-state index is 0.0840. The van der Waals surface area contributed by atoms with Crippen LogP contribution in [0.25, 0.3) is 0 Å². The Morgan fingerprint density at radius 2 is 2.00 bits per heavy atom. The predicted octanol–water partition coefficient (Wildman–Crippen LogP) is 5.48. The van der Waals surface area contributed by atoms with Crippen LogP contribution in [0.15, 0.2) is 52.8 Å². The number of fused-ring (bicyclic) bond motifs is 1. The van der Waals surface area contributed by atoms with E-state index in [9.17, 15) is 9.18 Å². The van der Waals surface area contributed by atoms with E-state index < -0.39 is 17.5 Å². The molecular weight excluding hydrogens is 503 g/mol. The Hall–Kier alpha value is -2.85. The van der Waals surface area contributed by atoms with Crippen molar-refractivity contribution in [1.82, 2.24) is 25.1 Å². The fourth-order valence-corrected chi connectivity index (χ4v) is 5.92. The number of aromatic nitrogens is 4. The number of carbonyl (C=O) groups excluding carboxylic acids is 1. The van der Waals surface area contributed by atoms with Crippen LogP contribution in [0.1, 0.15) is 45.3 Å². The van der Waals surface area contributed by atoms with Crippen molar-refractivity contribution in [3.63, 3.8) is 0 Å². The summed E-state index contributed by atoms with van der Waals surface area (Å²) in [6.45, 7) is 7.87. The molecule has 36 heavy (non-hydrogen) atoms. The van der Waals surface area contributed by atoms with Gasteiger partial charge in [-0.05, 0) is 51.8 Å². The van der Waals surface area contributed by atoms with E-state index >= 15 is 0 Å². The molecule has 3 aromatic rings. The standard InChI is InChI=1S/C25H28ClFN6O2S/c1-24(2,3)35-23(34)31-22-17-7-10-30-33(17)15-25(22)8-11-32(12-9-25)19-13-29-20(14-28-19)36-18-6-4-5-16(27)21(18)26/h4-7,10,13-14,22H,8-9,11-12,15H2,1-3H3,(H,31,34)/t22-/m1/s1. The third kappa shape index (κ3) is 5.01. The van der Waals surface area contributed by atoms with Crippen molar-refractivity contribution in [3.05, 3.63) is 59.4 Å². The molecule has 0 bridgehead atoms. The van der Waals surface area contributed by atoms with Crippen LogP contribution < -0.4 is 10.2 Å². The van der Waals surface area contributed by atoms with Crippen molar-refractivity contribution in [2.45, 2.75) is 61.7 Å². The first-order valence-electron chi connectivity index (χ1n) is 11.8. The highest BCUT2D eigenvalue weighted by atomic mass is 35.5. The molecule has 1 atom stereocenters. The van der Waals surface area contributed by atoms with Gasteiger partial charge in [0.05, 0.1) is 29.2 Å². The number of alkyl carbamates (subject to hydrolysis) is 1. The minimum atomic E-state index is -0.567. The third-order valence-electron chi connectivity index (χ3n) is 6.61. The molecule has 0 unspecified atom stereocenters. The fraction of sp³-hybridized carbons (Fsp3) is 0.440. The molecule has 1 saturated heterocycles. The molecule has 0 aliphatic carbocycles. The molecule has 11 heteroatoms. The third-order valence-corrected chi connectivity index (χ3v) is 8.09. The predicted molar refractivity (Wildman–Crippen MR) is 136 cm³/mol. The first kappa shape index (κ1) is 24.8. The van der Waals surface area contributed by atoms with Gasteiger partial charge in [0.1, 0.15) is 22.3 Å². The van der Waals surface area contributed by atoms with E-state index in [-0.39, 0.29) is 16.5 Å². The summed E-state index contributed by atoms with van der Waals surface area (Å²) < 4.78 is 21.3. The molecule has 2 aliphatic rings. The quantitative estimate of drug-likeness (QED) is 0.478.